The van der Waals surface area contributed by atoms with E-state index in [4.69, 9.17) is 5.73 Å². The molecule has 2 atom stereocenters. The van der Waals surface area contributed by atoms with Crippen LogP contribution in [0.15, 0.2) is 24.3 Å². The molecule has 3 fully saturated rings. The summed E-state index contributed by atoms with van der Waals surface area (Å²) >= 11 is 0. The number of amides is 2. The number of aliphatic hydroxyl groups is 1. The SMILES string of the molecule is NC(=O)c1ccccc1C1CC2CCC(C1)N2CCN(CC1CCC(C(F)(F)F)CC1)C(=O)CO. The lowest BCUT2D eigenvalue weighted by Gasteiger charge is -2.41. The second-order valence-electron chi connectivity index (χ2n) is 10.5. The van der Waals surface area contributed by atoms with Crippen LogP contribution in [0.5, 0.6) is 0 Å². The lowest BCUT2D eigenvalue weighted by Crippen LogP contribution is -2.48. The molecule has 2 amide bonds. The Hall–Kier alpha value is -2.13. The van der Waals surface area contributed by atoms with Gasteiger partial charge in [0.15, 0.2) is 0 Å². The number of nitrogens with two attached hydrogens (primary N) is 1. The van der Waals surface area contributed by atoms with Crippen LogP contribution in [0.25, 0.3) is 0 Å². The molecule has 0 spiro atoms. The molecule has 2 bridgehead atoms. The Morgan fingerprint density at radius 2 is 1.66 bits per heavy atom. The van der Waals surface area contributed by atoms with E-state index in [2.05, 4.69) is 4.90 Å². The van der Waals surface area contributed by atoms with Crippen LogP contribution in [-0.2, 0) is 4.79 Å². The summed E-state index contributed by atoms with van der Waals surface area (Å²) in [4.78, 5) is 28.4. The second kappa shape index (κ2) is 10.9. The number of carbonyl (C=O) groups excluding carboxylic acids is 2. The van der Waals surface area contributed by atoms with E-state index in [0.29, 0.717) is 50.1 Å². The van der Waals surface area contributed by atoms with Crippen LogP contribution >= 0.6 is 0 Å². The third-order valence-corrected chi connectivity index (χ3v) is 8.45. The van der Waals surface area contributed by atoms with Crippen molar-refractivity contribution in [2.45, 2.75) is 75.5 Å². The largest absolute Gasteiger partial charge is 0.391 e. The van der Waals surface area contributed by atoms with Gasteiger partial charge in [0, 0.05) is 37.3 Å². The van der Waals surface area contributed by atoms with Crippen LogP contribution < -0.4 is 5.73 Å². The third-order valence-electron chi connectivity index (χ3n) is 8.45. The maximum Gasteiger partial charge on any atom is 0.391 e. The van der Waals surface area contributed by atoms with Crippen LogP contribution in [0, 0.1) is 11.8 Å². The molecular formula is C26H36F3N3O3. The maximum atomic E-state index is 13.0. The van der Waals surface area contributed by atoms with Crippen LogP contribution in [0.4, 0.5) is 13.2 Å². The summed E-state index contributed by atoms with van der Waals surface area (Å²) in [7, 11) is 0. The number of hydrogen-bond acceptors (Lipinski definition) is 4. The monoisotopic (exact) mass is 495 g/mol. The van der Waals surface area contributed by atoms with Crippen LogP contribution in [-0.4, -0.2) is 71.2 Å². The number of rotatable bonds is 8. The number of alkyl halides is 3. The molecule has 0 radical (unpaired) electrons. The molecule has 3 N–H and O–H groups in total. The topological polar surface area (TPSA) is 86.9 Å². The van der Waals surface area contributed by atoms with Gasteiger partial charge in [-0.1, -0.05) is 18.2 Å². The zero-order chi connectivity index (χ0) is 25.2. The van der Waals surface area contributed by atoms with Crippen molar-refractivity contribution >= 4 is 11.8 Å². The van der Waals surface area contributed by atoms with Crippen LogP contribution in [0.2, 0.25) is 0 Å². The lowest BCUT2D eigenvalue weighted by atomic mass is 9.81. The highest BCUT2D eigenvalue weighted by molar-refractivity contribution is 5.94. The van der Waals surface area contributed by atoms with E-state index in [1.54, 1.807) is 11.0 Å². The molecule has 0 aromatic heterocycles. The molecule has 1 aromatic rings. The number of aliphatic hydroxyl groups excluding tert-OH is 1. The second-order valence-corrected chi connectivity index (χ2v) is 10.5. The lowest BCUT2D eigenvalue weighted by molar-refractivity contribution is -0.184. The van der Waals surface area contributed by atoms with Gasteiger partial charge in [-0.05, 0) is 74.8 Å². The minimum atomic E-state index is -4.14. The molecule has 1 aromatic carbocycles. The highest BCUT2D eigenvalue weighted by Crippen LogP contribution is 2.44. The van der Waals surface area contributed by atoms with Gasteiger partial charge in [-0.25, -0.2) is 0 Å². The number of nitrogens with zero attached hydrogens (tertiary/aromatic N) is 2. The van der Waals surface area contributed by atoms with Gasteiger partial charge in [-0.15, -0.1) is 0 Å². The van der Waals surface area contributed by atoms with E-state index in [-0.39, 0.29) is 30.6 Å². The molecule has 3 aliphatic rings. The van der Waals surface area contributed by atoms with Crippen molar-refractivity contribution in [2.24, 2.45) is 17.6 Å². The first-order chi connectivity index (χ1) is 16.7. The van der Waals surface area contributed by atoms with Gasteiger partial charge in [0.2, 0.25) is 11.8 Å². The molecule has 9 heteroatoms. The first kappa shape index (κ1) is 25.9. The molecule has 2 unspecified atom stereocenters. The van der Waals surface area contributed by atoms with Crippen molar-refractivity contribution in [1.82, 2.24) is 9.80 Å². The Bertz CT molecular complexity index is 887. The normalized spacial score (nSPS) is 29.2. The average molecular weight is 496 g/mol. The maximum absolute atomic E-state index is 13.0. The number of fused-ring (bicyclic) bond motifs is 2. The van der Waals surface area contributed by atoms with Crippen molar-refractivity contribution in [1.29, 1.82) is 0 Å². The van der Waals surface area contributed by atoms with Crippen molar-refractivity contribution in [2.75, 3.05) is 26.2 Å². The van der Waals surface area contributed by atoms with Gasteiger partial charge in [0.1, 0.15) is 6.61 Å². The van der Waals surface area contributed by atoms with Crippen molar-refractivity contribution in [3.05, 3.63) is 35.4 Å². The minimum Gasteiger partial charge on any atom is -0.387 e. The van der Waals surface area contributed by atoms with E-state index in [0.717, 1.165) is 31.2 Å². The van der Waals surface area contributed by atoms with Crippen molar-refractivity contribution < 1.29 is 27.9 Å². The summed E-state index contributed by atoms with van der Waals surface area (Å²) < 4.78 is 39.0. The fourth-order valence-electron chi connectivity index (χ4n) is 6.61. The molecule has 194 valence electrons. The molecule has 1 aliphatic carbocycles. The zero-order valence-corrected chi connectivity index (χ0v) is 20.1. The van der Waals surface area contributed by atoms with Gasteiger partial charge >= 0.3 is 6.18 Å². The number of carbonyl (C=O) groups is 2. The van der Waals surface area contributed by atoms with Gasteiger partial charge < -0.3 is 15.7 Å². The average Bonchev–Trinajstić information content (AvgIpc) is 3.07. The number of halogens is 3. The Kier molecular flexibility index (Phi) is 8.06. The molecule has 6 nitrogen and oxygen atoms in total. The summed E-state index contributed by atoms with van der Waals surface area (Å²) in [6, 6.07) is 8.26. The Labute approximate surface area is 204 Å². The number of benzene rings is 1. The van der Waals surface area contributed by atoms with Gasteiger partial charge in [0.05, 0.1) is 5.92 Å². The number of primary amides is 1. The summed E-state index contributed by atoms with van der Waals surface area (Å²) in [5.41, 5.74) is 7.20. The fraction of sp³-hybridized carbons (Fsp3) is 0.692. The molecule has 2 heterocycles. The minimum absolute atomic E-state index is 0.0388. The highest BCUT2D eigenvalue weighted by atomic mass is 19.4. The predicted octanol–water partition coefficient (Wildman–Crippen LogP) is 3.69. The third kappa shape index (κ3) is 6.00. The Morgan fingerprint density at radius 3 is 2.23 bits per heavy atom. The van der Waals surface area contributed by atoms with E-state index in [9.17, 15) is 27.9 Å². The summed E-state index contributed by atoms with van der Waals surface area (Å²) in [5.74, 6) is -1.70. The standard InChI is InChI=1S/C26H36F3N3O3/c27-26(28,29)19-7-5-17(6-8-19)15-31(24(34)16-33)11-12-32-20-9-10-21(32)14-18(13-20)22-3-1-2-4-23(22)25(30)35/h1-4,17-21,33H,5-16H2,(H2,30,35). The van der Waals surface area contributed by atoms with Gasteiger partial charge in [-0.2, -0.15) is 13.2 Å². The van der Waals surface area contributed by atoms with E-state index in [1.165, 1.54) is 0 Å². The summed E-state index contributed by atoms with van der Waals surface area (Å²) in [5, 5.41) is 9.48. The summed E-state index contributed by atoms with van der Waals surface area (Å²) in [6.07, 6.45) is 0.968. The first-order valence-corrected chi connectivity index (χ1v) is 12.8. The van der Waals surface area contributed by atoms with E-state index < -0.39 is 24.6 Å². The zero-order valence-electron chi connectivity index (χ0n) is 20.1. The smallest absolute Gasteiger partial charge is 0.387 e. The van der Waals surface area contributed by atoms with Gasteiger partial charge in [-0.3, -0.25) is 14.5 Å². The van der Waals surface area contributed by atoms with Gasteiger partial charge in [0.25, 0.3) is 0 Å². The number of piperidine rings is 1. The Morgan fingerprint density at radius 1 is 1.03 bits per heavy atom. The quantitative estimate of drug-likeness (QED) is 0.576. The number of hydrogen-bond donors (Lipinski definition) is 2. The van der Waals surface area contributed by atoms with Crippen LogP contribution in [0.3, 0.4) is 0 Å². The predicted molar refractivity (Wildman–Crippen MR) is 126 cm³/mol. The Balaban J connectivity index is 1.34. The fourth-order valence-corrected chi connectivity index (χ4v) is 6.61. The molecule has 2 aliphatic heterocycles. The van der Waals surface area contributed by atoms with Crippen LogP contribution in [0.1, 0.15) is 73.2 Å². The highest BCUT2D eigenvalue weighted by Gasteiger charge is 2.43. The molecule has 2 saturated heterocycles. The molecule has 35 heavy (non-hydrogen) atoms. The van der Waals surface area contributed by atoms with Crippen molar-refractivity contribution in [3.63, 3.8) is 0 Å². The first-order valence-electron chi connectivity index (χ1n) is 12.8. The molecule has 4 rings (SSSR count). The molecular weight excluding hydrogens is 459 g/mol. The summed E-state index contributed by atoms with van der Waals surface area (Å²) in [6.45, 7) is 0.968. The van der Waals surface area contributed by atoms with E-state index >= 15 is 0 Å². The van der Waals surface area contributed by atoms with E-state index in [1.807, 2.05) is 18.2 Å². The van der Waals surface area contributed by atoms with Crippen molar-refractivity contribution in [3.8, 4) is 0 Å². The molecule has 1 saturated carbocycles.